The van der Waals surface area contributed by atoms with E-state index in [1.54, 1.807) is 87.8 Å². The van der Waals surface area contributed by atoms with Gasteiger partial charge in [-0.05, 0) is 132 Å². The summed E-state index contributed by atoms with van der Waals surface area (Å²) in [4.78, 5) is 67.0. The van der Waals surface area contributed by atoms with Gasteiger partial charge in [0.05, 0.1) is 45.7 Å². The number of carbonyl (C=O) groups is 5. The molecule has 0 amide bonds. The van der Waals surface area contributed by atoms with Gasteiger partial charge in [0.1, 0.15) is 31.7 Å². The highest BCUT2D eigenvalue weighted by molar-refractivity contribution is 5.88. The van der Waals surface area contributed by atoms with Crippen LogP contribution in [0.25, 0.3) is 10.9 Å². The fraction of sp³-hybridized carbons (Fsp3) is 0.592. The van der Waals surface area contributed by atoms with Crippen LogP contribution in [0.4, 0.5) is 0 Å². The number of carbonyl (C=O) groups excluding carboxylic acids is 5. The molecule has 4 rings (SSSR count). The molecule has 1 N–H and O–H groups in total. The van der Waals surface area contributed by atoms with Crippen molar-refractivity contribution in [2.75, 3.05) is 26.4 Å². The lowest BCUT2D eigenvalue weighted by Crippen LogP contribution is -2.64. The van der Waals surface area contributed by atoms with Gasteiger partial charge < -0.3 is 43.0 Å². The Bertz CT molecular complexity index is 2170. The van der Waals surface area contributed by atoms with Gasteiger partial charge in [0, 0.05) is 5.57 Å². The second-order valence-electron chi connectivity index (χ2n) is 20.3. The Morgan fingerprint density at radius 2 is 1.26 bits per heavy atom. The number of aliphatic hydroxyl groups excluding tert-OH is 1. The zero-order valence-corrected chi connectivity index (χ0v) is 40.2. The van der Waals surface area contributed by atoms with Crippen LogP contribution in [0.15, 0.2) is 54.6 Å². The summed E-state index contributed by atoms with van der Waals surface area (Å²) in [6.07, 6.45) is -6.48. The summed E-state index contributed by atoms with van der Waals surface area (Å²) >= 11 is 0. The highest BCUT2D eigenvalue weighted by atomic mass is 16.7. The van der Waals surface area contributed by atoms with Crippen molar-refractivity contribution < 1.29 is 67.0 Å². The molecule has 1 fully saturated rings. The number of ether oxygens (including phenoxy) is 8. The summed E-state index contributed by atoms with van der Waals surface area (Å²) in [7, 11) is 0. The van der Waals surface area contributed by atoms with Crippen LogP contribution >= 0.6 is 0 Å². The number of esters is 5. The van der Waals surface area contributed by atoms with E-state index >= 15 is 0 Å². The van der Waals surface area contributed by atoms with Gasteiger partial charge in [-0.25, -0.2) is 4.79 Å². The van der Waals surface area contributed by atoms with Crippen LogP contribution in [0.2, 0.25) is 0 Å². The number of aryl methyl sites for hydroxylation is 2. The van der Waals surface area contributed by atoms with E-state index in [0.29, 0.717) is 29.5 Å². The lowest BCUT2D eigenvalue weighted by atomic mass is 9.93. The van der Waals surface area contributed by atoms with E-state index in [4.69, 9.17) is 48.1 Å². The molecule has 1 aliphatic heterocycles. The predicted octanol–water partition coefficient (Wildman–Crippen LogP) is 6.88. The van der Waals surface area contributed by atoms with Crippen molar-refractivity contribution in [1.29, 1.82) is 0 Å². The van der Waals surface area contributed by atoms with Crippen LogP contribution in [0.1, 0.15) is 101 Å². The van der Waals surface area contributed by atoms with Crippen LogP contribution in [0, 0.1) is 21.7 Å². The second kappa shape index (κ2) is 21.2. The topological polar surface area (TPSA) is 197 Å². The average molecular weight is 909 g/mol. The van der Waals surface area contributed by atoms with Gasteiger partial charge in [-0.1, -0.05) is 30.8 Å². The first kappa shape index (κ1) is 52.1. The maximum Gasteiger partial charge on any atom is 0.333 e. The van der Waals surface area contributed by atoms with Crippen LogP contribution in [-0.4, -0.2) is 102 Å². The van der Waals surface area contributed by atoms with Gasteiger partial charge in [-0.3, -0.25) is 23.9 Å². The SMILES string of the molecule is C=C(C)C(=O)OC[C@H]1O[C@@H](Oc2nn(CCOC(=O)C(C)(C)C)c3cccc(CCc4ccc(OCCO)cc4)c23)[C@H](OC(=O)C(C)(C)C)[C@@H](OC(=O)C(C)(C)C)[C@@H]1OC(=O)C(C)(C)C. The molecule has 1 aliphatic rings. The number of hydrogen-bond acceptors (Lipinski definition) is 15. The van der Waals surface area contributed by atoms with Crippen molar-refractivity contribution in [3.8, 4) is 11.6 Å². The predicted molar refractivity (Wildman–Crippen MR) is 240 cm³/mol. The number of benzene rings is 2. The molecule has 0 spiro atoms. The van der Waals surface area contributed by atoms with E-state index in [-0.39, 0.29) is 37.8 Å². The first-order chi connectivity index (χ1) is 30.1. The molecule has 65 heavy (non-hydrogen) atoms. The van der Waals surface area contributed by atoms with Gasteiger partial charge in [0.15, 0.2) is 12.2 Å². The van der Waals surface area contributed by atoms with Gasteiger partial charge >= 0.3 is 29.8 Å². The molecule has 2 heterocycles. The lowest BCUT2D eigenvalue weighted by molar-refractivity contribution is -0.293. The fourth-order valence-corrected chi connectivity index (χ4v) is 6.16. The highest BCUT2D eigenvalue weighted by Crippen LogP contribution is 2.37. The fourth-order valence-electron chi connectivity index (χ4n) is 6.16. The molecule has 0 aliphatic carbocycles. The van der Waals surface area contributed by atoms with Gasteiger partial charge in [0.2, 0.25) is 18.3 Å². The largest absolute Gasteiger partial charge is 0.491 e. The minimum atomic E-state index is -1.61. The second-order valence-corrected chi connectivity index (χ2v) is 20.3. The Labute approximate surface area is 382 Å². The summed E-state index contributed by atoms with van der Waals surface area (Å²) in [6.45, 7) is 24.8. The minimum Gasteiger partial charge on any atom is -0.491 e. The summed E-state index contributed by atoms with van der Waals surface area (Å²) in [6, 6.07) is 13.2. The van der Waals surface area contributed by atoms with E-state index in [0.717, 1.165) is 11.1 Å². The molecule has 358 valence electrons. The third kappa shape index (κ3) is 14.3. The molecule has 0 radical (unpaired) electrons. The Kier molecular flexibility index (Phi) is 17.0. The van der Waals surface area contributed by atoms with Crippen LogP contribution < -0.4 is 9.47 Å². The van der Waals surface area contributed by atoms with E-state index in [9.17, 15) is 24.0 Å². The van der Waals surface area contributed by atoms with Gasteiger partial charge in [0.25, 0.3) is 0 Å². The first-order valence-corrected chi connectivity index (χ1v) is 21.9. The first-order valence-electron chi connectivity index (χ1n) is 21.9. The smallest absolute Gasteiger partial charge is 0.333 e. The van der Waals surface area contributed by atoms with Crippen molar-refractivity contribution in [3.63, 3.8) is 0 Å². The third-order valence-electron chi connectivity index (χ3n) is 10.1. The molecule has 16 nitrogen and oxygen atoms in total. The van der Waals surface area contributed by atoms with Crippen molar-refractivity contribution in [2.45, 2.75) is 140 Å². The number of rotatable bonds is 17. The lowest BCUT2D eigenvalue weighted by Gasteiger charge is -2.45. The molecule has 1 aromatic heterocycles. The Morgan fingerprint density at radius 3 is 1.80 bits per heavy atom. The summed E-state index contributed by atoms with van der Waals surface area (Å²) in [5.41, 5.74) is -1.43. The molecule has 2 aromatic carbocycles. The number of aromatic nitrogens is 2. The number of aliphatic hydroxyl groups is 1. The van der Waals surface area contributed by atoms with Crippen molar-refractivity contribution in [3.05, 3.63) is 65.7 Å². The molecular weight excluding hydrogens is 841 g/mol. The number of fused-ring (bicyclic) bond motifs is 1. The molecule has 5 atom stereocenters. The summed E-state index contributed by atoms with van der Waals surface area (Å²) < 4.78 is 50.1. The van der Waals surface area contributed by atoms with E-state index in [2.05, 4.69) is 6.58 Å². The Morgan fingerprint density at radius 1 is 0.708 bits per heavy atom. The van der Waals surface area contributed by atoms with E-state index < -0.39 is 88.8 Å². The van der Waals surface area contributed by atoms with Crippen LogP contribution in [0.5, 0.6) is 11.6 Å². The molecule has 0 saturated carbocycles. The molecule has 1 saturated heterocycles. The van der Waals surface area contributed by atoms with E-state index in [1.165, 1.54) is 6.92 Å². The maximum absolute atomic E-state index is 13.9. The van der Waals surface area contributed by atoms with Crippen molar-refractivity contribution in [2.24, 2.45) is 21.7 Å². The molecule has 0 bridgehead atoms. The van der Waals surface area contributed by atoms with Crippen LogP contribution in [-0.2, 0) is 71.8 Å². The normalized spacial score (nSPS) is 19.2. The van der Waals surface area contributed by atoms with Crippen LogP contribution in [0.3, 0.4) is 0 Å². The highest BCUT2D eigenvalue weighted by Gasteiger charge is 2.56. The minimum absolute atomic E-state index is 0.0190. The zero-order chi connectivity index (χ0) is 48.7. The summed E-state index contributed by atoms with van der Waals surface area (Å²) in [5, 5.41) is 14.6. The molecule has 3 aromatic rings. The Balaban J connectivity index is 1.90. The maximum atomic E-state index is 13.9. The van der Waals surface area contributed by atoms with Gasteiger partial charge in [-0.2, -0.15) is 0 Å². The van der Waals surface area contributed by atoms with Crippen molar-refractivity contribution >= 4 is 40.7 Å². The summed E-state index contributed by atoms with van der Waals surface area (Å²) in [5.74, 6) is -2.63. The quantitative estimate of drug-likeness (QED) is 0.0835. The molecule has 16 heteroatoms. The van der Waals surface area contributed by atoms with E-state index in [1.807, 2.05) is 42.5 Å². The molecular formula is C49H68N2O14. The standard InChI is InChI=1S/C49H68N2O14/c1-29(2)40(53)60-28-34-36(62-43(55)47(6,7)8)37(63-44(56)48(9,10)11)38(64-45(57)49(12,13)14)41(61-34)65-39-35-31(21-18-30-19-22-32(23-20-30)58-27-25-52)16-15-17-33(35)51(50-39)24-26-59-42(54)46(3,4)5/h15-17,19-20,22-23,34,36-38,41,52H,1,18,21,24-28H2,2-14H3/t34-,36-,37+,38-,41+/m1/s1. The molecule has 0 unspecified atom stereocenters. The monoisotopic (exact) mass is 908 g/mol. The third-order valence-corrected chi connectivity index (χ3v) is 10.1. The van der Waals surface area contributed by atoms with Crippen molar-refractivity contribution in [1.82, 2.24) is 9.78 Å². The zero-order valence-electron chi connectivity index (χ0n) is 40.2. The average Bonchev–Trinajstić information content (AvgIpc) is 3.56. The van der Waals surface area contributed by atoms with Gasteiger partial charge in [-0.15, -0.1) is 5.10 Å². The Hall–Kier alpha value is -5.48. The number of nitrogens with zero attached hydrogens (tertiary/aromatic N) is 2. The number of hydrogen-bond donors (Lipinski definition) is 1.